The van der Waals surface area contributed by atoms with Gasteiger partial charge in [-0.15, -0.1) is 0 Å². The molecule has 1 heterocycles. The van der Waals surface area contributed by atoms with Gasteiger partial charge in [0.15, 0.2) is 0 Å². The van der Waals surface area contributed by atoms with Gasteiger partial charge in [0, 0.05) is 18.7 Å². The minimum absolute atomic E-state index is 0.0245. The van der Waals surface area contributed by atoms with E-state index >= 15 is 0 Å². The summed E-state index contributed by atoms with van der Waals surface area (Å²) in [5.74, 6) is -2.74. The van der Waals surface area contributed by atoms with Crippen molar-refractivity contribution in [3.8, 4) is 5.75 Å². The molecule has 0 aliphatic carbocycles. The minimum atomic E-state index is -1.27. The van der Waals surface area contributed by atoms with Crippen LogP contribution in [-0.4, -0.2) is 46.0 Å². The third-order valence-electron chi connectivity index (χ3n) is 4.65. The molecule has 7 nitrogen and oxygen atoms in total. The summed E-state index contributed by atoms with van der Waals surface area (Å²) in [4.78, 5) is 37.5. The van der Waals surface area contributed by atoms with E-state index in [1.807, 2.05) is 6.07 Å². The Bertz CT molecular complexity index is 841. The van der Waals surface area contributed by atoms with Gasteiger partial charge in [-0.25, -0.2) is 9.59 Å². The number of carboxylic acids is 2. The zero-order valence-electron chi connectivity index (χ0n) is 15.2. The van der Waals surface area contributed by atoms with Gasteiger partial charge in [-0.2, -0.15) is 0 Å². The second-order valence-corrected chi connectivity index (χ2v) is 6.65. The first-order valence-electron chi connectivity index (χ1n) is 9.08. The third-order valence-corrected chi connectivity index (χ3v) is 4.65. The monoisotopic (exact) mass is 383 g/mol. The number of carbonyl (C=O) groups excluding carboxylic acids is 1. The Hall–Kier alpha value is -3.35. The Morgan fingerprint density at radius 3 is 1.96 bits per heavy atom. The Morgan fingerprint density at radius 2 is 1.43 bits per heavy atom. The molecule has 1 amide bonds. The number of hydrogen-bond acceptors (Lipinski definition) is 4. The highest BCUT2D eigenvalue weighted by atomic mass is 16.5. The lowest BCUT2D eigenvalue weighted by Crippen LogP contribution is -2.40. The molecule has 1 fully saturated rings. The maximum absolute atomic E-state index is 13.1. The standard InChI is InChI=1S/C21H21NO6/c23-19(22-9-5-2-6-10-22)18(14-7-3-1-4-8-14)28-17-12-15(20(24)25)11-16(13-17)21(26)27/h1,3-4,7-8,11-13,18H,2,5-6,9-10H2,(H,24,25)(H,26,27). The summed E-state index contributed by atoms with van der Waals surface area (Å²) in [7, 11) is 0. The fraction of sp³-hybridized carbons (Fsp3) is 0.286. The summed E-state index contributed by atoms with van der Waals surface area (Å²) < 4.78 is 5.88. The maximum Gasteiger partial charge on any atom is 0.335 e. The predicted molar refractivity (Wildman–Crippen MR) is 101 cm³/mol. The second kappa shape index (κ2) is 8.56. The van der Waals surface area contributed by atoms with Gasteiger partial charge in [0.1, 0.15) is 5.75 Å². The fourth-order valence-corrected chi connectivity index (χ4v) is 3.22. The molecule has 0 radical (unpaired) electrons. The van der Waals surface area contributed by atoms with Gasteiger partial charge >= 0.3 is 11.9 Å². The van der Waals surface area contributed by atoms with Crippen LogP contribution in [0.25, 0.3) is 0 Å². The first-order valence-corrected chi connectivity index (χ1v) is 9.08. The van der Waals surface area contributed by atoms with E-state index in [1.165, 1.54) is 12.1 Å². The number of rotatable bonds is 6. The molecule has 2 N–H and O–H groups in total. The number of hydrogen-bond donors (Lipinski definition) is 2. The van der Waals surface area contributed by atoms with E-state index in [9.17, 15) is 24.6 Å². The topological polar surface area (TPSA) is 104 Å². The van der Waals surface area contributed by atoms with Crippen LogP contribution >= 0.6 is 0 Å². The summed E-state index contributed by atoms with van der Waals surface area (Å²) in [5.41, 5.74) is 0.190. The van der Waals surface area contributed by atoms with Gasteiger partial charge in [-0.3, -0.25) is 4.79 Å². The van der Waals surface area contributed by atoms with Gasteiger partial charge in [0.05, 0.1) is 11.1 Å². The molecule has 2 aromatic rings. The number of nitrogens with zero attached hydrogens (tertiary/aromatic N) is 1. The highest BCUT2D eigenvalue weighted by Gasteiger charge is 2.29. The van der Waals surface area contributed by atoms with Crippen LogP contribution in [0.1, 0.15) is 51.6 Å². The lowest BCUT2D eigenvalue weighted by Gasteiger charge is -2.30. The van der Waals surface area contributed by atoms with Crippen LogP contribution in [0, 0.1) is 0 Å². The number of carboxylic acid groups (broad SMARTS) is 2. The van der Waals surface area contributed by atoms with Crippen molar-refractivity contribution in [2.75, 3.05) is 13.1 Å². The molecule has 1 unspecified atom stereocenters. The van der Waals surface area contributed by atoms with Crippen molar-refractivity contribution in [2.24, 2.45) is 0 Å². The van der Waals surface area contributed by atoms with Gasteiger partial charge in [-0.1, -0.05) is 30.3 Å². The van der Waals surface area contributed by atoms with E-state index in [2.05, 4.69) is 0 Å². The van der Waals surface area contributed by atoms with E-state index < -0.39 is 18.0 Å². The molecule has 1 atom stereocenters. The first kappa shape index (κ1) is 19.4. The molecule has 146 valence electrons. The van der Waals surface area contributed by atoms with Gasteiger partial charge in [0.25, 0.3) is 5.91 Å². The number of aromatic carboxylic acids is 2. The van der Waals surface area contributed by atoms with Crippen molar-refractivity contribution in [1.82, 2.24) is 4.90 Å². The summed E-state index contributed by atoms with van der Waals surface area (Å²) in [6.07, 6.45) is 1.93. The molecular weight excluding hydrogens is 362 g/mol. The molecule has 1 aliphatic rings. The van der Waals surface area contributed by atoms with Crippen molar-refractivity contribution in [2.45, 2.75) is 25.4 Å². The van der Waals surface area contributed by atoms with E-state index in [0.29, 0.717) is 18.7 Å². The quantitative estimate of drug-likeness (QED) is 0.794. The van der Waals surface area contributed by atoms with Crippen LogP contribution in [0.3, 0.4) is 0 Å². The number of likely N-dealkylation sites (tertiary alicyclic amines) is 1. The Labute approximate surface area is 162 Å². The molecular formula is C21H21NO6. The van der Waals surface area contributed by atoms with Crippen LogP contribution in [0.2, 0.25) is 0 Å². The van der Waals surface area contributed by atoms with Gasteiger partial charge in [0.2, 0.25) is 6.10 Å². The van der Waals surface area contributed by atoms with Crippen LogP contribution in [0.5, 0.6) is 5.75 Å². The second-order valence-electron chi connectivity index (χ2n) is 6.65. The van der Waals surface area contributed by atoms with Crippen LogP contribution in [0.4, 0.5) is 0 Å². The minimum Gasteiger partial charge on any atom is -0.478 e. The molecule has 0 spiro atoms. The summed E-state index contributed by atoms with van der Waals surface area (Å²) in [6.45, 7) is 1.28. The molecule has 1 aliphatic heterocycles. The number of amides is 1. The lowest BCUT2D eigenvalue weighted by molar-refractivity contribution is -0.140. The van der Waals surface area contributed by atoms with E-state index in [0.717, 1.165) is 25.3 Å². The van der Waals surface area contributed by atoms with Gasteiger partial charge in [-0.05, 0) is 37.5 Å². The third kappa shape index (κ3) is 4.49. The smallest absolute Gasteiger partial charge is 0.335 e. The molecule has 2 aromatic carbocycles. The van der Waals surface area contributed by atoms with E-state index in [-0.39, 0.29) is 22.8 Å². The number of ether oxygens (including phenoxy) is 1. The van der Waals surface area contributed by atoms with Crippen LogP contribution < -0.4 is 4.74 Å². The maximum atomic E-state index is 13.1. The Morgan fingerprint density at radius 1 is 0.857 bits per heavy atom. The van der Waals surface area contributed by atoms with Crippen molar-refractivity contribution < 1.29 is 29.3 Å². The molecule has 0 saturated carbocycles. The summed E-state index contributed by atoms with van der Waals surface area (Å²) in [6, 6.07) is 12.4. The van der Waals surface area contributed by atoms with Crippen molar-refractivity contribution in [3.63, 3.8) is 0 Å². The lowest BCUT2D eigenvalue weighted by atomic mass is 10.1. The zero-order chi connectivity index (χ0) is 20.1. The largest absolute Gasteiger partial charge is 0.478 e. The van der Waals surface area contributed by atoms with Crippen molar-refractivity contribution in [1.29, 1.82) is 0 Å². The van der Waals surface area contributed by atoms with E-state index in [1.54, 1.807) is 29.2 Å². The number of benzene rings is 2. The van der Waals surface area contributed by atoms with E-state index in [4.69, 9.17) is 4.74 Å². The fourth-order valence-electron chi connectivity index (χ4n) is 3.22. The number of piperidine rings is 1. The predicted octanol–water partition coefficient (Wildman–Crippen LogP) is 3.22. The highest BCUT2D eigenvalue weighted by Crippen LogP contribution is 2.27. The number of carbonyl (C=O) groups is 3. The van der Waals surface area contributed by atoms with Crippen molar-refractivity contribution in [3.05, 3.63) is 65.2 Å². The molecule has 0 aromatic heterocycles. The van der Waals surface area contributed by atoms with Gasteiger partial charge < -0.3 is 19.8 Å². The molecule has 0 bridgehead atoms. The average Bonchev–Trinajstić information content (AvgIpc) is 2.72. The Kier molecular flexibility index (Phi) is 5.93. The summed E-state index contributed by atoms with van der Waals surface area (Å²) in [5, 5.41) is 18.5. The summed E-state index contributed by atoms with van der Waals surface area (Å²) >= 11 is 0. The molecule has 7 heteroatoms. The van der Waals surface area contributed by atoms with Crippen LogP contribution in [-0.2, 0) is 4.79 Å². The average molecular weight is 383 g/mol. The zero-order valence-corrected chi connectivity index (χ0v) is 15.2. The van der Waals surface area contributed by atoms with Crippen LogP contribution in [0.15, 0.2) is 48.5 Å². The Balaban J connectivity index is 1.96. The first-order chi connectivity index (χ1) is 13.5. The van der Waals surface area contributed by atoms with Crippen molar-refractivity contribution >= 4 is 17.8 Å². The normalized spacial score (nSPS) is 14.9. The molecule has 3 rings (SSSR count). The SMILES string of the molecule is O=C(O)c1cc(OC(C(=O)N2CCCCC2)c2ccccc2)cc(C(=O)O)c1. The highest BCUT2D eigenvalue weighted by molar-refractivity contribution is 5.94. The molecule has 28 heavy (non-hydrogen) atoms. The molecule has 1 saturated heterocycles.